The normalized spacial score (nSPS) is 20.3. The maximum Gasteiger partial charge on any atom is 0.0903 e. The Morgan fingerprint density at radius 2 is 2.23 bits per heavy atom. The molecule has 1 aliphatic heterocycles. The summed E-state index contributed by atoms with van der Waals surface area (Å²) in [5.41, 5.74) is 0. The molecule has 0 radical (unpaired) electrons. The minimum Gasteiger partial charge on any atom is -0.372 e. The topological polar surface area (TPSA) is 12.5 Å². The fourth-order valence-corrected chi connectivity index (χ4v) is 2.43. The second-order valence-corrected chi connectivity index (χ2v) is 4.75. The lowest BCUT2D eigenvalue weighted by molar-refractivity contribution is 0.426. The summed E-state index contributed by atoms with van der Waals surface area (Å²) in [6.07, 6.45) is 0.428. The predicted octanol–water partition coefficient (Wildman–Crippen LogP) is 3.48. The molecule has 0 amide bonds. The van der Waals surface area contributed by atoms with Gasteiger partial charge in [-0.15, -0.1) is 11.8 Å². The van der Waals surface area contributed by atoms with E-state index in [-0.39, 0.29) is 0 Å². The van der Waals surface area contributed by atoms with Gasteiger partial charge in [-0.25, -0.2) is 0 Å². The van der Waals surface area contributed by atoms with Gasteiger partial charge < -0.3 is 4.74 Å². The van der Waals surface area contributed by atoms with Crippen LogP contribution in [0, 0.1) is 0 Å². The van der Waals surface area contributed by atoms with Crippen molar-refractivity contribution in [3.05, 3.63) is 28.2 Å². The summed E-state index contributed by atoms with van der Waals surface area (Å²) in [6, 6.07) is 5.56. The number of thioether (sulfide) groups is 1. The van der Waals surface area contributed by atoms with Gasteiger partial charge in [0.2, 0.25) is 0 Å². The Hall–Kier alpha value is 0.110. The van der Waals surface area contributed by atoms with Crippen molar-refractivity contribution < 1.29 is 4.74 Å². The van der Waals surface area contributed by atoms with Crippen molar-refractivity contribution in [2.75, 3.05) is 12.4 Å². The molecule has 0 saturated carbocycles. The number of halogens is 2. The van der Waals surface area contributed by atoms with E-state index < -0.39 is 0 Å². The third-order valence-electron chi connectivity index (χ3n) is 1.72. The summed E-state index contributed by atoms with van der Waals surface area (Å²) in [6.45, 7) is 0.887. The SMILES string of the molecule is Clc1ccc(SCC2CO2)c(Cl)c1. The van der Waals surface area contributed by atoms with Gasteiger partial charge >= 0.3 is 0 Å². The fourth-order valence-electron chi connectivity index (χ4n) is 0.939. The first-order valence-corrected chi connectivity index (χ1v) is 5.69. The molecule has 0 aromatic heterocycles. The fraction of sp³-hybridized carbons (Fsp3) is 0.333. The molecular formula is C9H8Cl2OS. The molecule has 1 aromatic carbocycles. The molecule has 0 bridgehead atoms. The summed E-state index contributed by atoms with van der Waals surface area (Å²) in [4.78, 5) is 1.07. The monoisotopic (exact) mass is 234 g/mol. The Balaban J connectivity index is 2.01. The highest BCUT2D eigenvalue weighted by molar-refractivity contribution is 7.99. The van der Waals surface area contributed by atoms with E-state index in [4.69, 9.17) is 27.9 Å². The van der Waals surface area contributed by atoms with Crippen molar-refractivity contribution in [3.63, 3.8) is 0 Å². The van der Waals surface area contributed by atoms with Crippen LogP contribution in [0.15, 0.2) is 23.1 Å². The zero-order valence-corrected chi connectivity index (χ0v) is 9.12. The van der Waals surface area contributed by atoms with Crippen LogP contribution in [0.3, 0.4) is 0 Å². The summed E-state index contributed by atoms with van der Waals surface area (Å²) >= 11 is 13.5. The van der Waals surface area contributed by atoms with Crippen molar-refractivity contribution in [1.29, 1.82) is 0 Å². The maximum absolute atomic E-state index is 5.99. The summed E-state index contributed by atoms with van der Waals surface area (Å²) in [5, 5.41) is 1.40. The average molecular weight is 235 g/mol. The van der Waals surface area contributed by atoms with Gasteiger partial charge in [-0.2, -0.15) is 0 Å². The van der Waals surface area contributed by atoms with E-state index in [0.29, 0.717) is 11.1 Å². The lowest BCUT2D eigenvalue weighted by Crippen LogP contribution is -1.88. The molecule has 1 aromatic rings. The van der Waals surface area contributed by atoms with E-state index in [1.165, 1.54) is 0 Å². The molecule has 70 valence electrons. The largest absolute Gasteiger partial charge is 0.372 e. The Labute approximate surface area is 91.4 Å². The second kappa shape index (κ2) is 4.09. The highest BCUT2D eigenvalue weighted by Gasteiger charge is 2.22. The van der Waals surface area contributed by atoms with Crippen LogP contribution in [-0.2, 0) is 4.74 Å². The van der Waals surface area contributed by atoms with Crippen molar-refractivity contribution in [1.82, 2.24) is 0 Å². The van der Waals surface area contributed by atoms with E-state index >= 15 is 0 Å². The summed E-state index contributed by atoms with van der Waals surface area (Å²) in [5.74, 6) is 0.974. The van der Waals surface area contributed by atoms with Gasteiger partial charge in [0.25, 0.3) is 0 Å². The van der Waals surface area contributed by atoms with Gasteiger partial charge in [0.1, 0.15) is 0 Å². The van der Waals surface area contributed by atoms with E-state index in [0.717, 1.165) is 22.3 Å². The van der Waals surface area contributed by atoms with E-state index in [1.54, 1.807) is 17.8 Å². The predicted molar refractivity (Wildman–Crippen MR) is 56.9 cm³/mol. The first-order chi connectivity index (χ1) is 6.25. The second-order valence-electron chi connectivity index (χ2n) is 2.84. The van der Waals surface area contributed by atoms with Gasteiger partial charge in [-0.1, -0.05) is 23.2 Å². The molecule has 1 saturated heterocycles. The van der Waals surface area contributed by atoms with Crippen LogP contribution in [0.2, 0.25) is 10.0 Å². The molecule has 1 unspecified atom stereocenters. The van der Waals surface area contributed by atoms with Crippen molar-refractivity contribution in [3.8, 4) is 0 Å². The van der Waals surface area contributed by atoms with E-state index in [1.807, 2.05) is 12.1 Å². The average Bonchev–Trinajstić information content (AvgIpc) is 2.86. The van der Waals surface area contributed by atoms with Gasteiger partial charge in [0.05, 0.1) is 17.7 Å². The van der Waals surface area contributed by atoms with Crippen LogP contribution < -0.4 is 0 Å². The number of hydrogen-bond donors (Lipinski definition) is 0. The molecule has 4 heteroatoms. The van der Waals surface area contributed by atoms with Gasteiger partial charge in [-0.3, -0.25) is 0 Å². The van der Waals surface area contributed by atoms with Crippen LogP contribution in [0.4, 0.5) is 0 Å². The Morgan fingerprint density at radius 3 is 2.85 bits per heavy atom. The quantitative estimate of drug-likeness (QED) is 0.587. The van der Waals surface area contributed by atoms with E-state index in [9.17, 15) is 0 Å². The van der Waals surface area contributed by atoms with Crippen molar-refractivity contribution in [2.45, 2.75) is 11.0 Å². The van der Waals surface area contributed by atoms with Crippen LogP contribution in [0.1, 0.15) is 0 Å². The lowest BCUT2D eigenvalue weighted by atomic mass is 10.4. The molecule has 1 heterocycles. The molecule has 0 N–H and O–H groups in total. The molecular weight excluding hydrogens is 227 g/mol. The Bertz CT molecular complexity index is 312. The molecule has 1 aliphatic rings. The number of benzene rings is 1. The van der Waals surface area contributed by atoms with Crippen molar-refractivity contribution in [2.24, 2.45) is 0 Å². The first kappa shape index (κ1) is 9.66. The molecule has 1 atom stereocenters. The number of epoxide rings is 1. The number of rotatable bonds is 3. The highest BCUT2D eigenvalue weighted by Crippen LogP contribution is 2.31. The third-order valence-corrected chi connectivity index (χ3v) is 3.59. The number of ether oxygens (including phenoxy) is 1. The molecule has 2 rings (SSSR count). The van der Waals surface area contributed by atoms with Gasteiger partial charge in [-0.05, 0) is 18.2 Å². The lowest BCUT2D eigenvalue weighted by Gasteiger charge is -2.02. The Morgan fingerprint density at radius 1 is 1.46 bits per heavy atom. The van der Waals surface area contributed by atoms with Gasteiger partial charge in [0.15, 0.2) is 0 Å². The van der Waals surface area contributed by atoms with Crippen LogP contribution in [0.25, 0.3) is 0 Å². The molecule has 1 nitrogen and oxygen atoms in total. The van der Waals surface area contributed by atoms with Crippen molar-refractivity contribution >= 4 is 35.0 Å². The molecule has 13 heavy (non-hydrogen) atoms. The smallest absolute Gasteiger partial charge is 0.0903 e. The molecule has 0 spiro atoms. The highest BCUT2D eigenvalue weighted by atomic mass is 35.5. The minimum atomic E-state index is 0.428. The maximum atomic E-state index is 5.99. The standard InChI is InChI=1S/C9H8Cl2OS/c10-6-1-2-9(8(11)3-6)13-5-7-4-12-7/h1-3,7H,4-5H2. The number of hydrogen-bond acceptors (Lipinski definition) is 2. The van der Waals surface area contributed by atoms with Crippen LogP contribution in [-0.4, -0.2) is 18.5 Å². The first-order valence-electron chi connectivity index (χ1n) is 3.95. The zero-order valence-electron chi connectivity index (χ0n) is 6.80. The molecule has 0 aliphatic carbocycles. The van der Waals surface area contributed by atoms with Crippen LogP contribution in [0.5, 0.6) is 0 Å². The van der Waals surface area contributed by atoms with Crippen LogP contribution >= 0.6 is 35.0 Å². The third kappa shape index (κ3) is 2.78. The van der Waals surface area contributed by atoms with E-state index in [2.05, 4.69) is 0 Å². The Kier molecular flexibility index (Phi) is 3.04. The summed E-state index contributed by atoms with van der Waals surface area (Å²) < 4.78 is 5.10. The molecule has 1 fully saturated rings. The summed E-state index contributed by atoms with van der Waals surface area (Å²) in [7, 11) is 0. The minimum absolute atomic E-state index is 0.428. The van der Waals surface area contributed by atoms with Gasteiger partial charge in [0, 0.05) is 15.7 Å². The zero-order chi connectivity index (χ0) is 9.26.